The first-order chi connectivity index (χ1) is 14.8. The maximum absolute atomic E-state index is 13.0. The lowest BCUT2D eigenvalue weighted by Gasteiger charge is -2.19. The van der Waals surface area contributed by atoms with Gasteiger partial charge in [0.05, 0.1) is 12.7 Å². The lowest BCUT2D eigenvalue weighted by atomic mass is 10.2. The summed E-state index contributed by atoms with van der Waals surface area (Å²) in [7, 11) is -2.46. The first-order valence-corrected chi connectivity index (χ1v) is 11.3. The van der Waals surface area contributed by atoms with Crippen LogP contribution in [0.3, 0.4) is 0 Å². The molecule has 31 heavy (non-hydrogen) atoms. The minimum Gasteiger partial charge on any atom is -0.495 e. The second kappa shape index (κ2) is 9.48. The van der Waals surface area contributed by atoms with Crippen molar-refractivity contribution in [2.24, 2.45) is 0 Å². The number of carbonyl (C=O) groups excluding carboxylic acids is 2. The summed E-state index contributed by atoms with van der Waals surface area (Å²) in [6, 6.07) is 5.56. The molecular formula is C20H25N3O7S. The summed E-state index contributed by atoms with van der Waals surface area (Å²) in [5.41, 5.74) is 0.00195. The van der Waals surface area contributed by atoms with Crippen LogP contribution in [0.1, 0.15) is 42.3 Å². The number of esters is 1. The van der Waals surface area contributed by atoms with Crippen LogP contribution in [-0.4, -0.2) is 56.1 Å². The fraction of sp³-hybridized carbons (Fsp3) is 0.450. The van der Waals surface area contributed by atoms with Crippen LogP contribution in [0.2, 0.25) is 0 Å². The molecule has 1 aliphatic rings. The van der Waals surface area contributed by atoms with E-state index in [1.165, 1.54) is 35.7 Å². The Morgan fingerprint density at radius 3 is 2.55 bits per heavy atom. The van der Waals surface area contributed by atoms with Gasteiger partial charge >= 0.3 is 5.97 Å². The summed E-state index contributed by atoms with van der Waals surface area (Å²) < 4.78 is 42.8. The van der Waals surface area contributed by atoms with Gasteiger partial charge in [-0.25, -0.2) is 13.2 Å². The SMILES string of the molecule is CC[C@H](OC(=O)c1ccc(OC)c(S(=O)(=O)N2CCCC2)c1)C(=O)Nc1cc(C)on1. The van der Waals surface area contributed by atoms with Gasteiger partial charge < -0.3 is 19.3 Å². The van der Waals surface area contributed by atoms with Crippen LogP contribution in [0.15, 0.2) is 33.7 Å². The van der Waals surface area contributed by atoms with Crippen molar-refractivity contribution in [1.82, 2.24) is 9.46 Å². The number of anilines is 1. The number of hydrogen-bond donors (Lipinski definition) is 1. The van der Waals surface area contributed by atoms with E-state index in [4.69, 9.17) is 14.0 Å². The highest BCUT2D eigenvalue weighted by atomic mass is 32.2. The van der Waals surface area contributed by atoms with Crippen LogP contribution in [0.4, 0.5) is 5.82 Å². The number of ether oxygens (including phenoxy) is 2. The van der Waals surface area contributed by atoms with Crippen LogP contribution in [0.5, 0.6) is 5.75 Å². The van der Waals surface area contributed by atoms with Gasteiger partial charge in [-0.2, -0.15) is 4.31 Å². The molecule has 2 aromatic rings. The van der Waals surface area contributed by atoms with Gasteiger partial charge in [-0.15, -0.1) is 0 Å². The summed E-state index contributed by atoms with van der Waals surface area (Å²) in [6.45, 7) is 4.19. The van der Waals surface area contributed by atoms with Gasteiger partial charge in [-0.1, -0.05) is 12.1 Å². The van der Waals surface area contributed by atoms with Crippen molar-refractivity contribution in [2.75, 3.05) is 25.5 Å². The molecule has 10 nitrogen and oxygen atoms in total. The zero-order valence-electron chi connectivity index (χ0n) is 17.6. The second-order valence-electron chi connectivity index (χ2n) is 7.09. The van der Waals surface area contributed by atoms with E-state index in [-0.39, 0.29) is 28.4 Å². The van der Waals surface area contributed by atoms with Gasteiger partial charge in [-0.3, -0.25) is 4.79 Å². The van der Waals surface area contributed by atoms with Crippen molar-refractivity contribution in [3.05, 3.63) is 35.6 Å². The number of amides is 1. The number of benzene rings is 1. The topological polar surface area (TPSA) is 128 Å². The molecule has 168 valence electrons. The molecular weight excluding hydrogens is 426 g/mol. The number of sulfonamides is 1. The summed E-state index contributed by atoms with van der Waals surface area (Å²) in [4.78, 5) is 25.0. The first-order valence-electron chi connectivity index (χ1n) is 9.89. The zero-order valence-corrected chi connectivity index (χ0v) is 18.4. The van der Waals surface area contributed by atoms with Crippen LogP contribution in [0, 0.1) is 6.92 Å². The molecule has 1 saturated heterocycles. The molecule has 1 N–H and O–H groups in total. The predicted molar refractivity (Wildman–Crippen MR) is 110 cm³/mol. The van der Waals surface area contributed by atoms with Crippen molar-refractivity contribution in [2.45, 2.75) is 44.1 Å². The molecule has 0 spiro atoms. The van der Waals surface area contributed by atoms with E-state index in [0.29, 0.717) is 18.8 Å². The Balaban J connectivity index is 1.79. The maximum Gasteiger partial charge on any atom is 0.338 e. The molecule has 1 aromatic heterocycles. The molecule has 0 unspecified atom stereocenters. The molecule has 1 amide bonds. The van der Waals surface area contributed by atoms with Crippen LogP contribution >= 0.6 is 0 Å². The van der Waals surface area contributed by atoms with E-state index in [9.17, 15) is 18.0 Å². The van der Waals surface area contributed by atoms with Gasteiger partial charge in [0, 0.05) is 19.2 Å². The normalized spacial score (nSPS) is 15.5. The standard InChI is InChI=1S/C20H25N3O7S/c1-4-15(19(24)21-18-11-13(2)30-22-18)29-20(25)14-7-8-16(28-3)17(12-14)31(26,27)23-9-5-6-10-23/h7-8,11-12,15H,4-6,9-10H2,1-3H3,(H,21,22,24)/t15-/m0/s1. The Kier molecular flexibility index (Phi) is 6.96. The Hall–Kier alpha value is -2.92. The van der Waals surface area contributed by atoms with Gasteiger partial charge in [0.25, 0.3) is 5.91 Å². The first kappa shape index (κ1) is 22.8. The Bertz CT molecular complexity index is 1060. The van der Waals surface area contributed by atoms with Crippen molar-refractivity contribution in [1.29, 1.82) is 0 Å². The lowest BCUT2D eigenvalue weighted by Crippen LogP contribution is -2.32. The van der Waals surface area contributed by atoms with Crippen LogP contribution in [0.25, 0.3) is 0 Å². The highest BCUT2D eigenvalue weighted by Crippen LogP contribution is 2.30. The number of rotatable bonds is 8. The van der Waals surface area contributed by atoms with Gasteiger partial charge in [0.2, 0.25) is 10.0 Å². The third-order valence-electron chi connectivity index (χ3n) is 4.87. The molecule has 0 saturated carbocycles. The Morgan fingerprint density at radius 1 is 1.26 bits per heavy atom. The fourth-order valence-electron chi connectivity index (χ4n) is 3.22. The molecule has 0 radical (unpaired) electrons. The lowest BCUT2D eigenvalue weighted by molar-refractivity contribution is -0.124. The molecule has 3 rings (SSSR count). The number of methoxy groups -OCH3 is 1. The molecule has 11 heteroatoms. The quantitative estimate of drug-likeness (QED) is 0.606. The highest BCUT2D eigenvalue weighted by Gasteiger charge is 2.31. The van der Waals surface area contributed by atoms with E-state index in [0.717, 1.165) is 12.8 Å². The molecule has 1 fully saturated rings. The van der Waals surface area contributed by atoms with Crippen molar-refractivity contribution in [3.63, 3.8) is 0 Å². The van der Waals surface area contributed by atoms with E-state index in [2.05, 4.69) is 10.5 Å². The maximum atomic E-state index is 13.0. The average Bonchev–Trinajstić information content (AvgIpc) is 3.43. The van der Waals surface area contributed by atoms with E-state index < -0.39 is 28.0 Å². The van der Waals surface area contributed by atoms with Crippen LogP contribution in [-0.2, 0) is 19.6 Å². The number of nitrogens with one attached hydrogen (secondary N) is 1. The van der Waals surface area contributed by atoms with E-state index >= 15 is 0 Å². The number of aryl methyl sites for hydroxylation is 1. The minimum atomic E-state index is -3.82. The second-order valence-corrected chi connectivity index (χ2v) is 9.00. The molecule has 0 bridgehead atoms. The van der Waals surface area contributed by atoms with Crippen LogP contribution < -0.4 is 10.1 Å². The predicted octanol–water partition coefficient (Wildman–Crippen LogP) is 2.35. The summed E-state index contributed by atoms with van der Waals surface area (Å²) in [5.74, 6) is -0.526. The zero-order chi connectivity index (χ0) is 22.6. The van der Waals surface area contributed by atoms with E-state index in [1.54, 1.807) is 13.8 Å². The third-order valence-corrected chi connectivity index (χ3v) is 6.79. The molecule has 1 atom stereocenters. The summed E-state index contributed by atoms with van der Waals surface area (Å²) >= 11 is 0. The summed E-state index contributed by atoms with van der Waals surface area (Å²) in [6.07, 6.45) is 0.678. The summed E-state index contributed by atoms with van der Waals surface area (Å²) in [5, 5.41) is 6.19. The number of carbonyl (C=O) groups is 2. The Labute approximate surface area is 180 Å². The number of hydrogen-bond acceptors (Lipinski definition) is 8. The number of aromatic nitrogens is 1. The largest absolute Gasteiger partial charge is 0.495 e. The molecule has 1 aliphatic heterocycles. The van der Waals surface area contributed by atoms with Gasteiger partial charge in [0.15, 0.2) is 11.9 Å². The minimum absolute atomic E-state index is 0.00195. The Morgan fingerprint density at radius 2 is 1.97 bits per heavy atom. The van der Waals surface area contributed by atoms with E-state index in [1.807, 2.05) is 0 Å². The number of nitrogens with zero attached hydrogens (tertiary/aromatic N) is 2. The highest BCUT2D eigenvalue weighted by molar-refractivity contribution is 7.89. The van der Waals surface area contributed by atoms with Crippen molar-refractivity contribution in [3.8, 4) is 5.75 Å². The average molecular weight is 452 g/mol. The smallest absolute Gasteiger partial charge is 0.338 e. The molecule has 2 heterocycles. The molecule has 1 aromatic carbocycles. The molecule has 0 aliphatic carbocycles. The monoisotopic (exact) mass is 451 g/mol. The fourth-order valence-corrected chi connectivity index (χ4v) is 4.92. The van der Waals surface area contributed by atoms with Gasteiger partial charge in [-0.05, 0) is 44.4 Å². The van der Waals surface area contributed by atoms with Crippen molar-refractivity contribution < 1.29 is 32.0 Å². The van der Waals surface area contributed by atoms with Gasteiger partial charge in [0.1, 0.15) is 16.4 Å². The van der Waals surface area contributed by atoms with Crippen molar-refractivity contribution >= 4 is 27.7 Å². The third kappa shape index (κ3) is 5.05.